The van der Waals surface area contributed by atoms with Gasteiger partial charge in [0.05, 0.1) is 10.7 Å². The van der Waals surface area contributed by atoms with E-state index in [-0.39, 0.29) is 30.7 Å². The summed E-state index contributed by atoms with van der Waals surface area (Å²) in [5, 5.41) is 7.70. The number of thiazole rings is 1. The molecule has 1 aromatic heterocycles. The summed E-state index contributed by atoms with van der Waals surface area (Å²) in [4.78, 5) is 17.9. The number of carbonyl (C=O) groups is 1. The molecule has 0 spiro atoms. The van der Waals surface area contributed by atoms with Crippen LogP contribution in [0.4, 0.5) is 0 Å². The number of nitrogens with one attached hydrogen (secondary N) is 2. The number of hydrogen-bond acceptors (Lipinski definition) is 4. The molecule has 1 aliphatic carbocycles. The van der Waals surface area contributed by atoms with Crippen molar-refractivity contribution >= 4 is 42.1 Å². The Kier molecular flexibility index (Phi) is 9.57. The van der Waals surface area contributed by atoms with Gasteiger partial charge in [-0.25, -0.2) is 4.98 Å². The van der Waals surface area contributed by atoms with Gasteiger partial charge in [0, 0.05) is 12.5 Å². The van der Waals surface area contributed by atoms with Crippen molar-refractivity contribution in [2.75, 3.05) is 19.6 Å². The van der Waals surface area contributed by atoms with E-state index in [4.69, 9.17) is 0 Å². The molecule has 1 amide bonds. The molecule has 2 fully saturated rings. The smallest absolute Gasteiger partial charge is 0.263 e. The number of amides is 1. The monoisotopic (exact) mass is 393 g/mol. The summed E-state index contributed by atoms with van der Waals surface area (Å²) in [6.07, 6.45) is 8.71. The maximum Gasteiger partial charge on any atom is 0.263 e. The summed E-state index contributed by atoms with van der Waals surface area (Å²) >= 11 is 1.62. The van der Waals surface area contributed by atoms with Crippen molar-refractivity contribution in [3.63, 3.8) is 0 Å². The van der Waals surface area contributed by atoms with Crippen molar-refractivity contribution in [3.05, 3.63) is 15.6 Å². The number of hydrogen-bond donors (Lipinski definition) is 2. The Morgan fingerprint density at radius 3 is 2.67 bits per heavy atom. The second kappa shape index (κ2) is 10.6. The van der Waals surface area contributed by atoms with Gasteiger partial charge in [0.15, 0.2) is 0 Å². The number of halogens is 2. The maximum atomic E-state index is 12.4. The van der Waals surface area contributed by atoms with Crippen molar-refractivity contribution < 1.29 is 4.79 Å². The number of carbonyl (C=O) groups excluding carboxylic acids is 1. The van der Waals surface area contributed by atoms with Gasteiger partial charge in [0.1, 0.15) is 4.88 Å². The van der Waals surface area contributed by atoms with Crippen LogP contribution in [0.5, 0.6) is 0 Å². The van der Waals surface area contributed by atoms with Crippen molar-refractivity contribution in [2.24, 2.45) is 5.92 Å². The van der Waals surface area contributed by atoms with Crippen LogP contribution < -0.4 is 10.6 Å². The number of aryl methyl sites for hydroxylation is 1. The molecule has 1 aromatic rings. The molecule has 0 bridgehead atoms. The fourth-order valence-corrected chi connectivity index (χ4v) is 4.77. The third-order valence-corrected chi connectivity index (χ3v) is 6.28. The Hall–Kier alpha value is -0.360. The fraction of sp³-hybridized carbons (Fsp3) is 0.765. The van der Waals surface area contributed by atoms with Gasteiger partial charge in [0.2, 0.25) is 0 Å². The topological polar surface area (TPSA) is 54.0 Å². The van der Waals surface area contributed by atoms with Crippen LogP contribution >= 0.6 is 36.2 Å². The van der Waals surface area contributed by atoms with Crippen LogP contribution in [0.25, 0.3) is 0 Å². The molecule has 0 aromatic carbocycles. The predicted molar refractivity (Wildman–Crippen MR) is 105 cm³/mol. The molecule has 7 heteroatoms. The first-order valence-electron chi connectivity index (χ1n) is 8.70. The first-order chi connectivity index (χ1) is 10.7. The van der Waals surface area contributed by atoms with Crippen molar-refractivity contribution in [1.29, 1.82) is 0 Å². The summed E-state index contributed by atoms with van der Waals surface area (Å²) in [5.41, 5.74) is 0.906. The molecule has 138 valence electrons. The van der Waals surface area contributed by atoms with Crippen LogP contribution in [0.3, 0.4) is 0 Å². The van der Waals surface area contributed by atoms with Gasteiger partial charge in [-0.1, -0.05) is 12.8 Å². The molecule has 2 N–H and O–H groups in total. The van der Waals surface area contributed by atoms with E-state index < -0.39 is 0 Å². The third kappa shape index (κ3) is 5.58. The standard InChI is InChI=1S/C17H27N3OS.2ClH/c1-12-15(22-17(20-12)14-6-2-3-7-14)16(21)19-10-8-13-5-4-9-18-11-13;;/h13-14,18H,2-11H2,1H3,(H,19,21);2*1H. The van der Waals surface area contributed by atoms with E-state index in [1.807, 2.05) is 6.92 Å². The quantitative estimate of drug-likeness (QED) is 0.792. The van der Waals surface area contributed by atoms with Crippen molar-refractivity contribution in [2.45, 2.75) is 57.8 Å². The molecular formula is C17H29Cl2N3OS. The van der Waals surface area contributed by atoms with E-state index in [0.717, 1.165) is 36.6 Å². The summed E-state index contributed by atoms with van der Waals surface area (Å²) < 4.78 is 0. The van der Waals surface area contributed by atoms with Gasteiger partial charge >= 0.3 is 0 Å². The van der Waals surface area contributed by atoms with Gasteiger partial charge in [-0.15, -0.1) is 36.2 Å². The van der Waals surface area contributed by atoms with E-state index in [1.54, 1.807) is 11.3 Å². The minimum Gasteiger partial charge on any atom is -0.351 e. The summed E-state index contributed by atoms with van der Waals surface area (Å²) in [7, 11) is 0. The van der Waals surface area contributed by atoms with Gasteiger partial charge in [-0.2, -0.15) is 0 Å². The molecule has 0 radical (unpaired) electrons. The van der Waals surface area contributed by atoms with Gasteiger partial charge in [-0.3, -0.25) is 4.79 Å². The zero-order valence-electron chi connectivity index (χ0n) is 14.3. The number of rotatable bonds is 5. The zero-order valence-corrected chi connectivity index (χ0v) is 16.8. The minimum absolute atomic E-state index is 0. The highest BCUT2D eigenvalue weighted by Crippen LogP contribution is 2.37. The fourth-order valence-electron chi connectivity index (χ4n) is 3.62. The lowest BCUT2D eigenvalue weighted by atomic mass is 9.96. The molecule has 1 saturated carbocycles. The van der Waals surface area contributed by atoms with Crippen LogP contribution in [0, 0.1) is 12.8 Å². The molecule has 1 aliphatic heterocycles. The first-order valence-corrected chi connectivity index (χ1v) is 9.52. The van der Waals surface area contributed by atoms with Gasteiger partial charge < -0.3 is 10.6 Å². The third-order valence-electron chi connectivity index (χ3n) is 4.96. The van der Waals surface area contributed by atoms with E-state index in [1.165, 1.54) is 43.5 Å². The second-order valence-corrected chi connectivity index (χ2v) is 7.74. The lowest BCUT2D eigenvalue weighted by Crippen LogP contribution is -2.33. The van der Waals surface area contributed by atoms with E-state index in [0.29, 0.717) is 11.8 Å². The van der Waals surface area contributed by atoms with Crippen molar-refractivity contribution in [3.8, 4) is 0 Å². The lowest BCUT2D eigenvalue weighted by molar-refractivity contribution is 0.0954. The van der Waals surface area contributed by atoms with Crippen LogP contribution in [0.15, 0.2) is 0 Å². The number of piperidine rings is 1. The molecule has 1 atom stereocenters. The summed E-state index contributed by atoms with van der Waals surface area (Å²) in [6, 6.07) is 0. The Bertz CT molecular complexity index is 512. The molecule has 2 aliphatic rings. The summed E-state index contributed by atoms with van der Waals surface area (Å²) in [6.45, 7) is 4.99. The minimum atomic E-state index is 0. The predicted octanol–water partition coefficient (Wildman–Crippen LogP) is 4.07. The molecule has 3 rings (SSSR count). The SMILES string of the molecule is Cc1nc(C2CCCC2)sc1C(=O)NCCC1CCCNC1.Cl.Cl. The van der Waals surface area contributed by atoms with E-state index in [9.17, 15) is 4.79 Å². The molecule has 2 heterocycles. The van der Waals surface area contributed by atoms with E-state index >= 15 is 0 Å². The molecule has 4 nitrogen and oxygen atoms in total. The number of nitrogens with zero attached hydrogens (tertiary/aromatic N) is 1. The van der Waals surface area contributed by atoms with E-state index in [2.05, 4.69) is 15.6 Å². The van der Waals surface area contributed by atoms with Crippen LogP contribution in [-0.2, 0) is 0 Å². The van der Waals surface area contributed by atoms with Gasteiger partial charge in [0.25, 0.3) is 5.91 Å². The highest BCUT2D eigenvalue weighted by atomic mass is 35.5. The normalized spacial score (nSPS) is 21.0. The Balaban J connectivity index is 0.00000144. The molecular weight excluding hydrogens is 365 g/mol. The molecule has 1 saturated heterocycles. The average molecular weight is 394 g/mol. The van der Waals surface area contributed by atoms with Crippen LogP contribution in [0.1, 0.15) is 71.2 Å². The first kappa shape index (κ1) is 21.7. The molecule has 24 heavy (non-hydrogen) atoms. The van der Waals surface area contributed by atoms with Crippen LogP contribution in [0.2, 0.25) is 0 Å². The Morgan fingerprint density at radius 1 is 1.25 bits per heavy atom. The lowest BCUT2D eigenvalue weighted by Gasteiger charge is -2.22. The average Bonchev–Trinajstić information content (AvgIpc) is 3.17. The Labute approximate surface area is 161 Å². The van der Waals surface area contributed by atoms with Crippen LogP contribution in [-0.4, -0.2) is 30.5 Å². The van der Waals surface area contributed by atoms with Crippen molar-refractivity contribution in [1.82, 2.24) is 15.6 Å². The van der Waals surface area contributed by atoms with Gasteiger partial charge in [-0.05, 0) is 58.0 Å². The Morgan fingerprint density at radius 2 is 2.00 bits per heavy atom. The number of aromatic nitrogens is 1. The highest BCUT2D eigenvalue weighted by molar-refractivity contribution is 7.13. The second-order valence-electron chi connectivity index (χ2n) is 6.70. The molecule has 1 unspecified atom stereocenters. The zero-order chi connectivity index (χ0) is 15.4. The summed E-state index contributed by atoms with van der Waals surface area (Å²) in [5.74, 6) is 1.38. The largest absolute Gasteiger partial charge is 0.351 e. The maximum absolute atomic E-state index is 12.4. The highest BCUT2D eigenvalue weighted by Gasteiger charge is 2.23.